The zero-order chi connectivity index (χ0) is 10.4. The van der Waals surface area contributed by atoms with Gasteiger partial charge in [0.1, 0.15) is 0 Å². The van der Waals surface area contributed by atoms with Gasteiger partial charge in [0.15, 0.2) is 0 Å². The van der Waals surface area contributed by atoms with E-state index < -0.39 is 0 Å². The summed E-state index contributed by atoms with van der Waals surface area (Å²) < 4.78 is 3.88. The first-order valence-corrected chi connectivity index (χ1v) is 5.21. The summed E-state index contributed by atoms with van der Waals surface area (Å²) in [6, 6.07) is 0.121. The molecule has 0 aliphatic carbocycles. The number of hydrogen-bond donors (Lipinski definition) is 2. The molecule has 0 aromatic carbocycles. The van der Waals surface area contributed by atoms with E-state index >= 15 is 0 Å². The molecule has 1 aromatic heterocycles. The molecule has 0 saturated carbocycles. The second-order valence-corrected chi connectivity index (χ2v) is 3.69. The number of nitrogens with two attached hydrogens (primary N) is 1. The lowest BCUT2D eigenvalue weighted by atomic mass is 10.1. The quantitative estimate of drug-likeness (QED) is 0.444. The Balaban J connectivity index is 2.61. The van der Waals surface area contributed by atoms with Crippen molar-refractivity contribution in [2.45, 2.75) is 32.7 Å². The second kappa shape index (κ2) is 5.70. The van der Waals surface area contributed by atoms with Crippen LogP contribution in [0.25, 0.3) is 0 Å². The highest BCUT2D eigenvalue weighted by Crippen LogP contribution is 2.22. The molecule has 0 aliphatic rings. The monoisotopic (exact) mass is 210 g/mol. The smallest absolute Gasteiger partial charge is 0.0773 e. The molecule has 1 unspecified atom stereocenters. The van der Waals surface area contributed by atoms with Crippen molar-refractivity contribution in [3.8, 4) is 11.8 Å². The topological polar surface area (TPSA) is 63.8 Å². The van der Waals surface area contributed by atoms with Crippen LogP contribution in [0.2, 0.25) is 0 Å². The molecule has 0 bridgehead atoms. The number of rotatable bonds is 4. The Labute approximate surface area is 88.0 Å². The molecular formula is C9H14N4S. The fourth-order valence-corrected chi connectivity index (χ4v) is 1.93. The van der Waals surface area contributed by atoms with E-state index in [-0.39, 0.29) is 6.04 Å². The van der Waals surface area contributed by atoms with E-state index in [2.05, 4.69) is 26.9 Å². The van der Waals surface area contributed by atoms with Gasteiger partial charge in [-0.25, -0.2) is 0 Å². The minimum absolute atomic E-state index is 0.121. The largest absolute Gasteiger partial charge is 0.271 e. The van der Waals surface area contributed by atoms with Crippen LogP contribution in [-0.4, -0.2) is 9.59 Å². The zero-order valence-electron chi connectivity index (χ0n) is 8.37. The van der Waals surface area contributed by atoms with Crippen molar-refractivity contribution in [2.75, 3.05) is 0 Å². The molecule has 1 atom stereocenters. The van der Waals surface area contributed by atoms with E-state index in [9.17, 15) is 0 Å². The molecule has 0 spiro atoms. The van der Waals surface area contributed by atoms with E-state index in [1.54, 1.807) is 0 Å². The van der Waals surface area contributed by atoms with Crippen LogP contribution in [0.5, 0.6) is 0 Å². The van der Waals surface area contributed by atoms with Crippen molar-refractivity contribution in [1.82, 2.24) is 15.0 Å². The molecule has 1 heterocycles. The Kier molecular flexibility index (Phi) is 4.53. The number of nitrogens with zero attached hydrogens (tertiary/aromatic N) is 2. The van der Waals surface area contributed by atoms with Crippen LogP contribution in [0, 0.1) is 18.8 Å². The summed E-state index contributed by atoms with van der Waals surface area (Å²) in [5.41, 5.74) is 3.71. The van der Waals surface area contributed by atoms with Gasteiger partial charge in [-0.2, -0.15) is 0 Å². The second-order valence-electron chi connectivity index (χ2n) is 2.91. The average molecular weight is 210 g/mol. The summed E-state index contributed by atoms with van der Waals surface area (Å²) in [6.07, 6.45) is 1.73. The first kappa shape index (κ1) is 11.1. The fourth-order valence-electron chi connectivity index (χ4n) is 1.19. The van der Waals surface area contributed by atoms with E-state index in [4.69, 9.17) is 5.84 Å². The van der Waals surface area contributed by atoms with Crippen molar-refractivity contribution < 1.29 is 0 Å². The molecule has 0 radical (unpaired) electrons. The van der Waals surface area contributed by atoms with Crippen molar-refractivity contribution in [2.24, 2.45) is 5.84 Å². The molecule has 76 valence electrons. The molecule has 0 aliphatic heterocycles. The minimum Gasteiger partial charge on any atom is -0.271 e. The van der Waals surface area contributed by atoms with Gasteiger partial charge in [-0.1, -0.05) is 4.49 Å². The third kappa shape index (κ3) is 2.77. The van der Waals surface area contributed by atoms with Crippen LogP contribution < -0.4 is 11.3 Å². The molecule has 0 amide bonds. The standard InChI is InChI=1S/C9H14N4S/c1-3-4-5-6-8(11-10)9-7(2)12-13-14-9/h8,11H,5-6,10H2,1-2H3. The first-order chi connectivity index (χ1) is 6.79. The number of hydrogen-bond acceptors (Lipinski definition) is 5. The van der Waals surface area contributed by atoms with Crippen molar-refractivity contribution in [1.29, 1.82) is 0 Å². The maximum absolute atomic E-state index is 5.47. The van der Waals surface area contributed by atoms with Gasteiger partial charge < -0.3 is 0 Å². The van der Waals surface area contributed by atoms with E-state index in [0.29, 0.717) is 0 Å². The van der Waals surface area contributed by atoms with Crippen molar-refractivity contribution >= 4 is 11.5 Å². The molecule has 0 fully saturated rings. The van der Waals surface area contributed by atoms with Gasteiger partial charge in [0, 0.05) is 6.42 Å². The van der Waals surface area contributed by atoms with Crippen LogP contribution in [0.1, 0.15) is 36.4 Å². The summed E-state index contributed by atoms with van der Waals surface area (Å²) in [5.74, 6) is 11.3. The number of aryl methyl sites for hydroxylation is 1. The maximum atomic E-state index is 5.47. The lowest BCUT2D eigenvalue weighted by molar-refractivity contribution is 0.528. The van der Waals surface area contributed by atoms with E-state index in [1.807, 2.05) is 13.8 Å². The molecular weight excluding hydrogens is 196 g/mol. The van der Waals surface area contributed by atoms with Gasteiger partial charge in [0.2, 0.25) is 0 Å². The van der Waals surface area contributed by atoms with Gasteiger partial charge >= 0.3 is 0 Å². The van der Waals surface area contributed by atoms with E-state index in [0.717, 1.165) is 23.4 Å². The van der Waals surface area contributed by atoms with Gasteiger partial charge in [-0.3, -0.25) is 11.3 Å². The summed E-state index contributed by atoms with van der Waals surface area (Å²) in [6.45, 7) is 3.78. The highest BCUT2D eigenvalue weighted by atomic mass is 32.1. The predicted molar refractivity (Wildman–Crippen MR) is 57.4 cm³/mol. The van der Waals surface area contributed by atoms with Gasteiger partial charge in [0.25, 0.3) is 0 Å². The van der Waals surface area contributed by atoms with Crippen molar-refractivity contribution in [3.05, 3.63) is 10.6 Å². The summed E-state index contributed by atoms with van der Waals surface area (Å²) >= 11 is 1.39. The Hall–Kier alpha value is -0.960. The fraction of sp³-hybridized carbons (Fsp3) is 0.556. The Bertz CT molecular complexity index is 336. The molecule has 4 nitrogen and oxygen atoms in total. The molecule has 0 saturated heterocycles. The van der Waals surface area contributed by atoms with Gasteiger partial charge in [-0.15, -0.1) is 16.9 Å². The third-order valence-electron chi connectivity index (χ3n) is 1.94. The average Bonchev–Trinajstić information content (AvgIpc) is 2.60. The van der Waals surface area contributed by atoms with Crippen LogP contribution in [0.15, 0.2) is 0 Å². The normalized spacial score (nSPS) is 11.9. The van der Waals surface area contributed by atoms with Gasteiger partial charge in [-0.05, 0) is 31.8 Å². The van der Waals surface area contributed by atoms with Crippen LogP contribution in [0.4, 0.5) is 0 Å². The third-order valence-corrected chi connectivity index (χ3v) is 2.88. The van der Waals surface area contributed by atoms with Gasteiger partial charge in [0.05, 0.1) is 16.6 Å². The Morgan fingerprint density at radius 1 is 1.64 bits per heavy atom. The lowest BCUT2D eigenvalue weighted by Crippen LogP contribution is -2.27. The summed E-state index contributed by atoms with van der Waals surface area (Å²) in [7, 11) is 0. The highest BCUT2D eigenvalue weighted by molar-refractivity contribution is 7.05. The number of aromatic nitrogens is 2. The SMILES string of the molecule is CC#CCCC(NN)c1snnc1C. The lowest BCUT2D eigenvalue weighted by Gasteiger charge is -2.11. The Morgan fingerprint density at radius 3 is 2.93 bits per heavy atom. The maximum Gasteiger partial charge on any atom is 0.0773 e. The predicted octanol–water partition coefficient (Wildman–Crippen LogP) is 1.15. The van der Waals surface area contributed by atoms with Crippen LogP contribution >= 0.6 is 11.5 Å². The molecule has 5 heteroatoms. The van der Waals surface area contributed by atoms with Crippen LogP contribution in [0.3, 0.4) is 0 Å². The number of nitrogens with one attached hydrogen (secondary N) is 1. The highest BCUT2D eigenvalue weighted by Gasteiger charge is 2.14. The molecule has 1 rings (SSSR count). The minimum atomic E-state index is 0.121. The summed E-state index contributed by atoms with van der Waals surface area (Å²) in [4.78, 5) is 1.10. The molecule has 1 aromatic rings. The Morgan fingerprint density at radius 2 is 2.43 bits per heavy atom. The zero-order valence-corrected chi connectivity index (χ0v) is 9.19. The van der Waals surface area contributed by atoms with Crippen LogP contribution in [-0.2, 0) is 0 Å². The first-order valence-electron chi connectivity index (χ1n) is 4.44. The summed E-state index contributed by atoms with van der Waals surface area (Å²) in [5, 5.41) is 3.95. The number of hydrazine groups is 1. The van der Waals surface area contributed by atoms with Crippen molar-refractivity contribution in [3.63, 3.8) is 0 Å². The van der Waals surface area contributed by atoms with E-state index in [1.165, 1.54) is 11.5 Å². The molecule has 3 N–H and O–H groups in total. The molecule has 14 heavy (non-hydrogen) atoms.